The molecule has 0 bridgehead atoms. The van der Waals surface area contributed by atoms with E-state index in [1.807, 2.05) is 84.9 Å². The molecule has 4 aromatic carbocycles. The van der Waals surface area contributed by atoms with Crippen LogP contribution in [0.25, 0.3) is 0 Å². The van der Waals surface area contributed by atoms with Gasteiger partial charge in [0, 0.05) is 56.5 Å². The smallest absolute Gasteiger partial charge is 0.337 e. The number of methoxy groups -OCH3 is 1. The van der Waals surface area contributed by atoms with E-state index in [1.54, 1.807) is 42.3 Å². The monoisotopic (exact) mass is 895 g/mol. The normalized spacial score (nSPS) is 12.1. The van der Waals surface area contributed by atoms with Crippen molar-refractivity contribution < 1.29 is 38.2 Å². The number of benzene rings is 4. The van der Waals surface area contributed by atoms with Crippen LogP contribution in [0.15, 0.2) is 115 Å². The van der Waals surface area contributed by atoms with Gasteiger partial charge in [0.25, 0.3) is 11.8 Å². The van der Waals surface area contributed by atoms with E-state index in [1.165, 1.54) is 7.11 Å². The first-order chi connectivity index (χ1) is 32.0. The number of aryl methyl sites for hydroxylation is 2. The minimum atomic E-state index is -0.498. The molecule has 13 heteroatoms. The summed E-state index contributed by atoms with van der Waals surface area (Å²) in [6.45, 7) is 6.57. The third kappa shape index (κ3) is 14.8. The average molecular weight is 896 g/mol. The summed E-state index contributed by atoms with van der Waals surface area (Å²) in [5, 5.41) is 5.87. The topological polar surface area (TPSA) is 156 Å². The third-order valence-electron chi connectivity index (χ3n) is 11.8. The quantitative estimate of drug-likeness (QED) is 0.0574. The number of anilines is 2. The lowest BCUT2D eigenvalue weighted by molar-refractivity contribution is -0.147. The molecule has 0 saturated heterocycles. The molecule has 1 heterocycles. The molecular weight excluding hydrogens is 835 g/mol. The molecule has 0 atom stereocenters. The van der Waals surface area contributed by atoms with Gasteiger partial charge in [0.1, 0.15) is 6.61 Å². The van der Waals surface area contributed by atoms with Crippen LogP contribution in [0.1, 0.15) is 106 Å². The predicted octanol–water partition coefficient (Wildman–Crippen LogP) is 8.92. The second-order valence-corrected chi connectivity index (χ2v) is 16.7. The summed E-state index contributed by atoms with van der Waals surface area (Å²) >= 11 is 0. The van der Waals surface area contributed by atoms with E-state index in [-0.39, 0.29) is 48.7 Å². The largest absolute Gasteiger partial charge is 0.477 e. The Kier molecular flexibility index (Phi) is 18.0. The van der Waals surface area contributed by atoms with Crippen LogP contribution in [0, 0.1) is 5.92 Å². The molecule has 6 rings (SSSR count). The number of pyridine rings is 1. The lowest BCUT2D eigenvalue weighted by Gasteiger charge is -2.32. The van der Waals surface area contributed by atoms with Crippen molar-refractivity contribution in [1.82, 2.24) is 14.8 Å². The van der Waals surface area contributed by atoms with Crippen molar-refractivity contribution in [3.05, 3.63) is 154 Å². The highest BCUT2D eigenvalue weighted by Crippen LogP contribution is 2.30. The maximum atomic E-state index is 13.9. The Bertz CT molecular complexity index is 2400. The van der Waals surface area contributed by atoms with Crippen molar-refractivity contribution in [3.63, 3.8) is 0 Å². The van der Waals surface area contributed by atoms with Crippen LogP contribution in [0.5, 0.6) is 5.88 Å². The Labute approximate surface area is 387 Å². The number of carbonyl (C=O) groups excluding carboxylic acids is 5. The van der Waals surface area contributed by atoms with E-state index in [0.717, 1.165) is 60.8 Å². The Hall–Kier alpha value is -6.86. The van der Waals surface area contributed by atoms with Crippen LogP contribution >= 0.6 is 0 Å². The van der Waals surface area contributed by atoms with Crippen molar-refractivity contribution in [1.29, 1.82) is 0 Å². The molecule has 13 nitrogen and oxygen atoms in total. The second kappa shape index (κ2) is 24.4. The highest BCUT2D eigenvalue weighted by molar-refractivity contribution is 6.11. The van der Waals surface area contributed by atoms with Gasteiger partial charge in [-0.25, -0.2) is 9.78 Å². The Morgan fingerprint density at radius 1 is 0.712 bits per heavy atom. The molecule has 1 aliphatic rings. The molecule has 0 radical (unpaired) electrons. The molecule has 2 N–H and O–H groups in total. The Morgan fingerprint density at radius 2 is 1.39 bits per heavy atom. The molecule has 5 aromatic rings. The number of nitrogens with zero attached hydrogens (tertiary/aromatic N) is 3. The van der Waals surface area contributed by atoms with Crippen LogP contribution in [0.3, 0.4) is 0 Å². The number of nitrogens with one attached hydrogen (secondary N) is 2. The summed E-state index contributed by atoms with van der Waals surface area (Å²) in [5.74, 6) is -1.03. The number of carbonyl (C=O) groups is 5. The second-order valence-electron chi connectivity index (χ2n) is 16.7. The lowest BCUT2D eigenvalue weighted by atomic mass is 10.0. The predicted molar refractivity (Wildman–Crippen MR) is 254 cm³/mol. The van der Waals surface area contributed by atoms with E-state index >= 15 is 0 Å². The molecule has 1 aliphatic carbocycles. The average Bonchev–Trinajstić information content (AvgIpc) is 4.19. The molecule has 1 fully saturated rings. The van der Waals surface area contributed by atoms with Gasteiger partial charge >= 0.3 is 11.9 Å². The first kappa shape index (κ1) is 48.6. The molecule has 0 spiro atoms. The number of amides is 3. The van der Waals surface area contributed by atoms with E-state index in [4.69, 9.17) is 14.2 Å². The Morgan fingerprint density at radius 3 is 2.06 bits per heavy atom. The fourth-order valence-electron chi connectivity index (χ4n) is 7.49. The van der Waals surface area contributed by atoms with Crippen LogP contribution < -0.4 is 15.4 Å². The number of rotatable bonds is 24. The molecular formula is C53H61N5O8. The third-order valence-corrected chi connectivity index (χ3v) is 11.8. The number of hydrogen-bond acceptors (Lipinski definition) is 10. The van der Waals surface area contributed by atoms with Gasteiger partial charge in [0.2, 0.25) is 11.8 Å². The zero-order chi connectivity index (χ0) is 46.8. The molecule has 1 saturated carbocycles. The van der Waals surface area contributed by atoms with E-state index in [0.29, 0.717) is 54.9 Å². The van der Waals surface area contributed by atoms with Crippen LogP contribution in [-0.4, -0.2) is 84.3 Å². The van der Waals surface area contributed by atoms with Crippen LogP contribution in [0.2, 0.25) is 0 Å². The molecule has 3 amide bonds. The van der Waals surface area contributed by atoms with Gasteiger partial charge in [-0.3, -0.25) is 24.1 Å². The van der Waals surface area contributed by atoms with Gasteiger partial charge in [-0.05, 0) is 109 Å². The fourth-order valence-corrected chi connectivity index (χ4v) is 7.49. The lowest BCUT2D eigenvalue weighted by Crippen LogP contribution is -2.41. The summed E-state index contributed by atoms with van der Waals surface area (Å²) < 4.78 is 16.1. The van der Waals surface area contributed by atoms with Crippen LogP contribution in [-0.2, 0) is 45.1 Å². The van der Waals surface area contributed by atoms with E-state index in [9.17, 15) is 24.0 Å². The molecule has 0 aliphatic heterocycles. The Balaban J connectivity index is 1.06. The van der Waals surface area contributed by atoms with E-state index in [2.05, 4.69) is 34.4 Å². The van der Waals surface area contributed by atoms with Gasteiger partial charge in [-0.1, -0.05) is 80.6 Å². The first-order valence-corrected chi connectivity index (χ1v) is 22.8. The van der Waals surface area contributed by atoms with Crippen molar-refractivity contribution in [2.24, 2.45) is 5.92 Å². The zero-order valence-electron chi connectivity index (χ0n) is 38.4. The molecule has 1 aromatic heterocycles. The van der Waals surface area contributed by atoms with Crippen molar-refractivity contribution in [2.75, 3.05) is 44.5 Å². The van der Waals surface area contributed by atoms with Crippen molar-refractivity contribution in [2.45, 2.75) is 84.4 Å². The molecule has 346 valence electrons. The van der Waals surface area contributed by atoms with Gasteiger partial charge in [0.15, 0.2) is 5.69 Å². The number of ether oxygens (including phenoxy) is 3. The number of aromatic nitrogens is 1. The van der Waals surface area contributed by atoms with Crippen LogP contribution in [0.4, 0.5) is 11.4 Å². The van der Waals surface area contributed by atoms with Gasteiger partial charge in [-0.2, -0.15) is 0 Å². The zero-order valence-corrected chi connectivity index (χ0v) is 38.4. The molecule has 66 heavy (non-hydrogen) atoms. The van der Waals surface area contributed by atoms with Crippen molar-refractivity contribution in [3.8, 4) is 5.88 Å². The van der Waals surface area contributed by atoms with E-state index < -0.39 is 17.8 Å². The molecule has 0 unspecified atom stereocenters. The SMILES string of the molecule is CCC(CC)N(CCN(C)C(=O)CCC(=O)OCc1ccccc1)Cc1cccc(C(=O)Nc2ccc(OCC3CC3)nc2C(=O)Nc2ccc(CCc3ccc(C(=O)OC)cc3)cc2)c1. The maximum absolute atomic E-state index is 13.9. The van der Waals surface area contributed by atoms with Crippen molar-refractivity contribution >= 4 is 41.0 Å². The first-order valence-electron chi connectivity index (χ1n) is 22.8. The summed E-state index contributed by atoms with van der Waals surface area (Å²) in [5.41, 5.74) is 5.73. The number of hydrogen-bond donors (Lipinski definition) is 2. The number of likely N-dealkylation sites (N-methyl/N-ethyl adjacent to an activating group) is 1. The summed E-state index contributed by atoms with van der Waals surface area (Å²) in [7, 11) is 3.11. The standard InChI is InChI=1S/C53H61N5O8/c1-5-45(6-2)58(32-31-57(3)48(59)29-30-49(60)66-36-39-11-8-7-9-12-39)34-41-13-10-14-43(33-41)51(61)55-46-27-28-47(65-35-40-17-18-40)56-50(46)52(62)54-44-25-21-38(22-26-44)16-15-37-19-23-42(24-20-37)53(63)64-4/h7-14,19-28,33,40,45H,5-6,15-18,29-32,34-36H2,1-4H3,(H,54,62)(H,55,61). The minimum Gasteiger partial charge on any atom is -0.477 e. The van der Waals surface area contributed by atoms with Gasteiger partial charge in [-0.15, -0.1) is 0 Å². The number of esters is 2. The summed E-state index contributed by atoms with van der Waals surface area (Å²) in [6, 6.07) is 35.3. The summed E-state index contributed by atoms with van der Waals surface area (Å²) in [4.78, 5) is 73.5. The minimum absolute atomic E-state index is 0.0100. The fraction of sp³-hybridized carbons (Fsp3) is 0.358. The summed E-state index contributed by atoms with van der Waals surface area (Å²) in [6.07, 6.45) is 5.60. The van der Waals surface area contributed by atoms with Gasteiger partial charge in [0.05, 0.1) is 31.4 Å². The maximum Gasteiger partial charge on any atom is 0.337 e. The van der Waals surface area contributed by atoms with Gasteiger partial charge < -0.3 is 29.7 Å². The highest BCUT2D eigenvalue weighted by Gasteiger charge is 2.24. The highest BCUT2D eigenvalue weighted by atomic mass is 16.5.